The van der Waals surface area contributed by atoms with Gasteiger partial charge in [-0.05, 0) is 43.9 Å². The van der Waals surface area contributed by atoms with E-state index in [2.05, 4.69) is 44.4 Å². The molecule has 0 bridgehead atoms. The van der Waals surface area contributed by atoms with E-state index >= 15 is 0 Å². The molecule has 0 aliphatic carbocycles. The van der Waals surface area contributed by atoms with Gasteiger partial charge in [0.05, 0.1) is 37.8 Å². The predicted molar refractivity (Wildman–Crippen MR) is 135 cm³/mol. The third-order valence-electron chi connectivity index (χ3n) is 6.14. The van der Waals surface area contributed by atoms with Gasteiger partial charge in [0.1, 0.15) is 11.9 Å². The van der Waals surface area contributed by atoms with Gasteiger partial charge in [0.15, 0.2) is 0 Å². The second-order valence-corrected chi connectivity index (χ2v) is 14.0. The molecule has 0 atom stereocenters. The Morgan fingerprint density at radius 2 is 1.47 bits per heavy atom. The van der Waals surface area contributed by atoms with Gasteiger partial charge in [-0.3, -0.25) is 9.36 Å². The van der Waals surface area contributed by atoms with E-state index in [4.69, 9.17) is 4.74 Å². The summed E-state index contributed by atoms with van der Waals surface area (Å²) < 4.78 is 7.36. The fourth-order valence-corrected chi connectivity index (χ4v) is 10.3. The minimum Gasteiger partial charge on any atom is -0.497 e. The van der Waals surface area contributed by atoms with Crippen LogP contribution < -0.4 is 9.61 Å². The van der Waals surface area contributed by atoms with Gasteiger partial charge in [0, 0.05) is 12.1 Å². The zero-order chi connectivity index (χ0) is 22.0. The Labute approximate surface area is 188 Å². The summed E-state index contributed by atoms with van der Waals surface area (Å²) >= 11 is 1.44. The fraction of sp³-hybridized carbons (Fsp3) is 0.640. The number of hydrogen-bond donors (Lipinski definition) is 0. The van der Waals surface area contributed by atoms with Crippen molar-refractivity contribution in [3.63, 3.8) is 0 Å². The fourth-order valence-electron chi connectivity index (χ4n) is 4.19. The van der Waals surface area contributed by atoms with Crippen molar-refractivity contribution in [3.05, 3.63) is 50.1 Å². The van der Waals surface area contributed by atoms with Crippen molar-refractivity contribution in [2.75, 3.05) is 25.6 Å². The smallest absolute Gasteiger partial charge is 0.307 e. The van der Waals surface area contributed by atoms with Gasteiger partial charge >= 0.3 is 4.87 Å². The van der Waals surface area contributed by atoms with Gasteiger partial charge in [0.25, 0.3) is 0 Å². The number of thiazole rings is 1. The molecule has 0 aliphatic heterocycles. The zero-order valence-electron chi connectivity index (χ0n) is 19.7. The van der Waals surface area contributed by atoms with Gasteiger partial charge in [-0.15, -0.1) is 0 Å². The molecule has 0 amide bonds. The molecular formula is C25H41NO2PS+. The molecule has 1 heterocycles. The van der Waals surface area contributed by atoms with Crippen molar-refractivity contribution in [2.45, 2.75) is 78.9 Å². The van der Waals surface area contributed by atoms with Crippen LogP contribution in [-0.4, -0.2) is 30.2 Å². The number of unbranched alkanes of at least 4 members (excludes halogenated alkanes) is 3. The van der Waals surface area contributed by atoms with E-state index in [9.17, 15) is 4.79 Å². The average Bonchev–Trinajstić information content (AvgIpc) is 3.01. The summed E-state index contributed by atoms with van der Waals surface area (Å²) in [4.78, 5) is 14.3. The molecule has 0 radical (unpaired) electrons. The summed E-state index contributed by atoms with van der Waals surface area (Å²) in [6.07, 6.45) is 13.1. The highest BCUT2D eigenvalue weighted by Gasteiger charge is 2.37. The van der Waals surface area contributed by atoms with Crippen LogP contribution in [0.5, 0.6) is 5.75 Å². The first kappa shape index (κ1) is 25.1. The maximum atomic E-state index is 12.9. The van der Waals surface area contributed by atoms with E-state index in [0.717, 1.165) is 17.5 Å². The number of nitrogens with zero attached hydrogens (tertiary/aromatic N) is 1. The van der Waals surface area contributed by atoms with Crippen LogP contribution in [0.2, 0.25) is 0 Å². The summed E-state index contributed by atoms with van der Waals surface area (Å²) in [6.45, 7) is 9.75. The van der Waals surface area contributed by atoms with Crippen LogP contribution in [-0.2, 0) is 12.7 Å². The van der Waals surface area contributed by atoms with Crippen LogP contribution in [0.3, 0.4) is 0 Å². The molecule has 0 saturated heterocycles. The zero-order valence-corrected chi connectivity index (χ0v) is 21.4. The van der Waals surface area contributed by atoms with Crippen LogP contribution in [0.1, 0.15) is 75.4 Å². The van der Waals surface area contributed by atoms with Crippen LogP contribution in [0.15, 0.2) is 29.1 Å². The first-order valence-corrected chi connectivity index (χ1v) is 15.0. The topological polar surface area (TPSA) is 31.2 Å². The minimum absolute atomic E-state index is 0.192. The minimum atomic E-state index is -1.10. The first-order valence-electron chi connectivity index (χ1n) is 11.7. The molecule has 168 valence electrons. The van der Waals surface area contributed by atoms with E-state index in [1.807, 2.05) is 12.1 Å². The number of rotatable bonds is 14. The number of hydrogen-bond acceptors (Lipinski definition) is 3. The third-order valence-corrected chi connectivity index (χ3v) is 11.8. The van der Waals surface area contributed by atoms with E-state index in [1.165, 1.54) is 78.9 Å². The highest BCUT2D eigenvalue weighted by atomic mass is 32.1. The standard InChI is InChI=1S/C25H41NO2PS/c1-6-9-16-29(17-10-7-2,18-11-8-3)20-24-21(4)30-25(27)26(24)19-22-12-14-23(28-5)15-13-22/h12-15H,6-11,16-20H2,1-5H3/q+1. The van der Waals surface area contributed by atoms with Gasteiger partial charge < -0.3 is 4.74 Å². The normalized spacial score (nSPS) is 11.8. The van der Waals surface area contributed by atoms with Crippen molar-refractivity contribution in [1.82, 2.24) is 4.57 Å². The van der Waals surface area contributed by atoms with E-state index < -0.39 is 7.26 Å². The highest BCUT2D eigenvalue weighted by Crippen LogP contribution is 2.63. The summed E-state index contributed by atoms with van der Waals surface area (Å²) in [6, 6.07) is 8.13. The number of aromatic nitrogens is 1. The maximum absolute atomic E-state index is 12.9. The molecule has 5 heteroatoms. The molecule has 3 nitrogen and oxygen atoms in total. The quantitative estimate of drug-likeness (QED) is 0.285. The Morgan fingerprint density at radius 3 is 1.93 bits per heavy atom. The Morgan fingerprint density at radius 1 is 0.933 bits per heavy atom. The summed E-state index contributed by atoms with van der Waals surface area (Å²) in [5, 5.41) is 0. The molecule has 0 N–H and O–H groups in total. The predicted octanol–water partition coefficient (Wildman–Crippen LogP) is 7.19. The highest BCUT2D eigenvalue weighted by molar-refractivity contribution is 7.75. The number of ether oxygens (including phenoxy) is 1. The summed E-state index contributed by atoms with van der Waals surface area (Å²) in [5.41, 5.74) is 2.48. The van der Waals surface area contributed by atoms with Gasteiger partial charge in [-0.1, -0.05) is 63.5 Å². The van der Waals surface area contributed by atoms with Crippen molar-refractivity contribution in [2.24, 2.45) is 0 Å². The SMILES string of the molecule is CCCC[P+](CCCC)(CCCC)Cc1c(C)sc(=O)n1Cc1ccc(OC)cc1. The van der Waals surface area contributed by atoms with E-state index in [-0.39, 0.29) is 4.87 Å². The number of benzene rings is 1. The molecule has 2 aromatic rings. The lowest BCUT2D eigenvalue weighted by molar-refractivity contribution is 0.414. The van der Waals surface area contributed by atoms with Crippen molar-refractivity contribution in [1.29, 1.82) is 0 Å². The molecule has 0 saturated carbocycles. The van der Waals surface area contributed by atoms with Crippen molar-refractivity contribution < 1.29 is 4.74 Å². The Bertz CT molecular complexity index is 788. The molecule has 1 aromatic carbocycles. The van der Waals surface area contributed by atoms with Gasteiger partial charge in [-0.25, -0.2) is 0 Å². The summed E-state index contributed by atoms with van der Waals surface area (Å²) in [5.74, 6) is 0.858. The molecular weight excluding hydrogens is 409 g/mol. The Kier molecular flexibility index (Phi) is 10.6. The Hall–Kier alpha value is -1.12. The molecule has 0 spiro atoms. The third kappa shape index (κ3) is 6.95. The van der Waals surface area contributed by atoms with Crippen molar-refractivity contribution >= 4 is 18.6 Å². The monoisotopic (exact) mass is 450 g/mol. The average molecular weight is 451 g/mol. The number of aryl methyl sites for hydroxylation is 1. The first-order chi connectivity index (χ1) is 14.5. The summed E-state index contributed by atoms with van der Waals surface area (Å²) in [7, 11) is 0.588. The largest absolute Gasteiger partial charge is 0.497 e. The number of methoxy groups -OCH3 is 1. The second-order valence-electron chi connectivity index (χ2n) is 8.54. The van der Waals surface area contributed by atoms with Gasteiger partial charge in [0.2, 0.25) is 0 Å². The molecule has 2 rings (SSSR count). The van der Waals surface area contributed by atoms with E-state index in [0.29, 0.717) is 6.54 Å². The van der Waals surface area contributed by atoms with Crippen LogP contribution in [0.25, 0.3) is 0 Å². The maximum Gasteiger partial charge on any atom is 0.307 e. The van der Waals surface area contributed by atoms with Crippen molar-refractivity contribution in [3.8, 4) is 5.75 Å². The molecule has 1 aromatic heterocycles. The molecule has 30 heavy (non-hydrogen) atoms. The van der Waals surface area contributed by atoms with Gasteiger partial charge in [-0.2, -0.15) is 0 Å². The lowest BCUT2D eigenvalue weighted by Gasteiger charge is -2.28. The molecule has 0 aliphatic rings. The molecule has 0 fully saturated rings. The van der Waals surface area contributed by atoms with Crippen LogP contribution in [0.4, 0.5) is 0 Å². The lowest BCUT2D eigenvalue weighted by atomic mass is 10.2. The van der Waals surface area contributed by atoms with E-state index in [1.54, 1.807) is 7.11 Å². The second kappa shape index (κ2) is 12.7. The van der Waals surface area contributed by atoms with Crippen LogP contribution in [0, 0.1) is 6.92 Å². The Balaban J connectivity index is 2.36. The molecule has 0 unspecified atom stereocenters. The lowest BCUT2D eigenvalue weighted by Crippen LogP contribution is -2.20. The van der Waals surface area contributed by atoms with Crippen LogP contribution >= 0.6 is 18.6 Å².